The van der Waals surface area contributed by atoms with Crippen LogP contribution in [0.25, 0.3) is 0 Å². The van der Waals surface area contributed by atoms with Crippen molar-refractivity contribution in [3.63, 3.8) is 0 Å². The van der Waals surface area contributed by atoms with E-state index in [2.05, 4.69) is 0 Å². The van der Waals surface area contributed by atoms with E-state index >= 15 is 0 Å². The average molecular weight is 504 g/mol. The number of carbonyl (C=O) groups excluding carboxylic acids is 1. The lowest BCUT2D eigenvalue weighted by atomic mass is 9.66. The van der Waals surface area contributed by atoms with Crippen LogP contribution in [-0.4, -0.2) is 79.4 Å². The molecule has 1 fully saturated rings. The molecule has 36 heavy (non-hydrogen) atoms. The quantitative estimate of drug-likeness (QED) is 0.378. The topological polar surface area (TPSA) is 153 Å². The highest BCUT2D eigenvalue weighted by atomic mass is 16.7. The molecule has 2 aromatic rings. The lowest BCUT2D eigenvalue weighted by Gasteiger charge is -2.39. The number of esters is 1. The number of hydrogen-bond acceptors (Lipinski definition) is 11. The third-order valence-corrected chi connectivity index (χ3v) is 7.06. The van der Waals surface area contributed by atoms with E-state index < -0.39 is 48.6 Å². The Kier molecular flexibility index (Phi) is 6.56. The molecular formula is C25H28O11. The van der Waals surface area contributed by atoms with Gasteiger partial charge >= 0.3 is 5.97 Å². The number of fused-ring (bicyclic) bond motifs is 3. The Morgan fingerprint density at radius 1 is 0.972 bits per heavy atom. The van der Waals surface area contributed by atoms with Crippen LogP contribution in [0.5, 0.6) is 28.7 Å². The molecule has 2 heterocycles. The molecule has 0 radical (unpaired) electrons. The highest BCUT2D eigenvalue weighted by molar-refractivity contribution is 5.79. The van der Waals surface area contributed by atoms with Crippen LogP contribution in [0.2, 0.25) is 0 Å². The Balaban J connectivity index is 1.64. The Hall–Kier alpha value is -3.25. The van der Waals surface area contributed by atoms with Gasteiger partial charge in [-0.05, 0) is 41.0 Å². The van der Waals surface area contributed by atoms with Crippen LogP contribution < -0.4 is 18.9 Å². The third kappa shape index (κ3) is 3.97. The van der Waals surface area contributed by atoms with Crippen molar-refractivity contribution in [2.75, 3.05) is 40.8 Å². The van der Waals surface area contributed by atoms with E-state index in [4.69, 9.17) is 33.5 Å². The van der Waals surface area contributed by atoms with E-state index in [1.165, 1.54) is 14.2 Å². The summed E-state index contributed by atoms with van der Waals surface area (Å²) in [6.07, 6.45) is -3.37. The van der Waals surface area contributed by atoms with Gasteiger partial charge in [0.1, 0.15) is 12.2 Å². The van der Waals surface area contributed by atoms with Gasteiger partial charge in [-0.25, -0.2) is 0 Å². The number of phenols is 1. The van der Waals surface area contributed by atoms with Crippen LogP contribution in [0.3, 0.4) is 0 Å². The number of aliphatic hydroxyl groups excluding tert-OH is 3. The SMILES string of the molecule is COc1cc([C@@H]2c3cc4c(cc3[C@@H](OCC(O)C(O)CO)C3COC(=O)[C@@H]32)OCO4)cc(OC)c1O. The summed E-state index contributed by atoms with van der Waals surface area (Å²) in [5.41, 5.74) is 2.08. The normalized spacial score (nSPS) is 25.5. The van der Waals surface area contributed by atoms with E-state index in [9.17, 15) is 20.1 Å². The van der Waals surface area contributed by atoms with Crippen molar-refractivity contribution >= 4 is 5.97 Å². The van der Waals surface area contributed by atoms with Gasteiger partial charge in [-0.15, -0.1) is 0 Å². The van der Waals surface area contributed by atoms with E-state index in [1.807, 2.05) is 0 Å². The summed E-state index contributed by atoms with van der Waals surface area (Å²) in [7, 11) is 2.85. The summed E-state index contributed by atoms with van der Waals surface area (Å²) < 4.78 is 33.4. The summed E-state index contributed by atoms with van der Waals surface area (Å²) in [6.45, 7) is -0.761. The number of phenolic OH excluding ortho intramolecular Hbond substituents is 1. The predicted molar refractivity (Wildman–Crippen MR) is 121 cm³/mol. The zero-order valence-corrected chi connectivity index (χ0v) is 19.7. The standard InChI is InChI=1S/C25H28O11/c1-31-19-3-11(4-20(32-2)23(19)29)21-12-5-17-18(36-10-35-17)6-13(12)24(14-8-34-25(30)22(14)21)33-9-16(28)15(27)7-26/h3-6,14-16,21-22,24,26-29H,7-10H2,1-2H3/t14?,15?,16?,21-,22+,24-/m1/s1. The molecule has 4 N–H and O–H groups in total. The van der Waals surface area contributed by atoms with Crippen LogP contribution in [0.15, 0.2) is 24.3 Å². The molecule has 2 aromatic carbocycles. The van der Waals surface area contributed by atoms with Crippen LogP contribution in [0, 0.1) is 11.8 Å². The molecule has 11 nitrogen and oxygen atoms in total. The van der Waals surface area contributed by atoms with Crippen molar-refractivity contribution in [3.8, 4) is 28.7 Å². The molecule has 6 atom stereocenters. The molecule has 11 heteroatoms. The number of benzene rings is 2. The van der Waals surface area contributed by atoms with Crippen molar-refractivity contribution < 1.29 is 53.6 Å². The first kappa shape index (κ1) is 24.4. The molecule has 0 amide bonds. The predicted octanol–water partition coefficient (Wildman–Crippen LogP) is 0.845. The number of aliphatic hydroxyl groups is 3. The molecule has 0 bridgehead atoms. The molecule has 1 aliphatic carbocycles. The van der Waals surface area contributed by atoms with Crippen LogP contribution in [0.1, 0.15) is 28.7 Å². The van der Waals surface area contributed by atoms with Gasteiger partial charge in [0.15, 0.2) is 23.0 Å². The van der Waals surface area contributed by atoms with Crippen molar-refractivity contribution in [1.29, 1.82) is 0 Å². The number of methoxy groups -OCH3 is 2. The van der Waals surface area contributed by atoms with Crippen molar-refractivity contribution in [1.82, 2.24) is 0 Å². The zero-order chi connectivity index (χ0) is 25.6. The molecule has 0 spiro atoms. The van der Waals surface area contributed by atoms with E-state index in [1.54, 1.807) is 24.3 Å². The number of carbonyl (C=O) groups is 1. The molecule has 0 aromatic heterocycles. The Labute approximate surface area is 206 Å². The summed E-state index contributed by atoms with van der Waals surface area (Å²) in [4.78, 5) is 13.1. The molecule has 0 saturated carbocycles. The van der Waals surface area contributed by atoms with Gasteiger partial charge < -0.3 is 48.8 Å². The smallest absolute Gasteiger partial charge is 0.310 e. The van der Waals surface area contributed by atoms with Crippen molar-refractivity contribution in [2.45, 2.75) is 24.2 Å². The van der Waals surface area contributed by atoms with Crippen LogP contribution >= 0.6 is 0 Å². The fourth-order valence-electron chi connectivity index (χ4n) is 5.25. The van der Waals surface area contributed by atoms with Gasteiger partial charge in [-0.2, -0.15) is 0 Å². The van der Waals surface area contributed by atoms with Crippen molar-refractivity contribution in [3.05, 3.63) is 41.0 Å². The fraction of sp³-hybridized carbons (Fsp3) is 0.480. The first-order valence-electron chi connectivity index (χ1n) is 11.5. The largest absolute Gasteiger partial charge is 0.502 e. The highest BCUT2D eigenvalue weighted by Gasteiger charge is 2.53. The minimum Gasteiger partial charge on any atom is -0.502 e. The second kappa shape index (κ2) is 9.66. The van der Waals surface area contributed by atoms with E-state index in [0.717, 1.165) is 5.56 Å². The lowest BCUT2D eigenvalue weighted by Crippen LogP contribution is -2.39. The molecule has 3 aliphatic rings. The molecular weight excluding hydrogens is 476 g/mol. The van der Waals surface area contributed by atoms with Crippen LogP contribution in [-0.2, 0) is 14.3 Å². The monoisotopic (exact) mass is 504 g/mol. The van der Waals surface area contributed by atoms with E-state index in [-0.39, 0.29) is 37.3 Å². The van der Waals surface area contributed by atoms with Gasteiger partial charge in [0, 0.05) is 11.8 Å². The number of ether oxygens (including phenoxy) is 6. The maximum absolute atomic E-state index is 13.1. The second-order valence-corrected chi connectivity index (χ2v) is 8.98. The summed E-state index contributed by atoms with van der Waals surface area (Å²) in [5, 5.41) is 39.6. The van der Waals surface area contributed by atoms with Gasteiger partial charge in [0.2, 0.25) is 12.5 Å². The maximum atomic E-state index is 13.1. The number of rotatable bonds is 8. The molecule has 5 rings (SSSR count). The molecule has 194 valence electrons. The highest BCUT2D eigenvalue weighted by Crippen LogP contribution is 2.56. The van der Waals surface area contributed by atoms with Crippen LogP contribution in [0.4, 0.5) is 0 Å². The van der Waals surface area contributed by atoms with E-state index in [0.29, 0.717) is 22.6 Å². The van der Waals surface area contributed by atoms with Gasteiger partial charge in [-0.1, -0.05) is 0 Å². The Bertz CT molecular complexity index is 1120. The number of hydrogen-bond donors (Lipinski definition) is 4. The summed E-state index contributed by atoms with van der Waals surface area (Å²) in [5.74, 6) is -0.787. The summed E-state index contributed by atoms with van der Waals surface area (Å²) >= 11 is 0. The number of aromatic hydroxyl groups is 1. The van der Waals surface area contributed by atoms with Gasteiger partial charge in [0.25, 0.3) is 0 Å². The number of cyclic esters (lactones) is 1. The molecule has 1 saturated heterocycles. The minimum absolute atomic E-state index is 0.0472. The second-order valence-electron chi connectivity index (χ2n) is 8.98. The summed E-state index contributed by atoms with van der Waals surface area (Å²) in [6, 6.07) is 6.90. The van der Waals surface area contributed by atoms with Gasteiger partial charge in [-0.3, -0.25) is 4.79 Å². The fourth-order valence-corrected chi connectivity index (χ4v) is 5.25. The van der Waals surface area contributed by atoms with Crippen molar-refractivity contribution in [2.24, 2.45) is 11.8 Å². The Morgan fingerprint density at radius 2 is 1.61 bits per heavy atom. The first-order chi connectivity index (χ1) is 17.4. The molecule has 2 aliphatic heterocycles. The first-order valence-corrected chi connectivity index (χ1v) is 11.5. The molecule has 3 unspecified atom stereocenters. The van der Waals surface area contributed by atoms with Gasteiger partial charge in [0.05, 0.1) is 46.1 Å². The maximum Gasteiger partial charge on any atom is 0.310 e. The lowest BCUT2D eigenvalue weighted by molar-refractivity contribution is -0.142. The zero-order valence-electron chi connectivity index (χ0n) is 19.7. The average Bonchev–Trinajstić information content (AvgIpc) is 3.51. The Morgan fingerprint density at radius 3 is 2.22 bits per heavy atom. The minimum atomic E-state index is -1.37. The third-order valence-electron chi connectivity index (χ3n) is 7.06.